The highest BCUT2D eigenvalue weighted by Crippen LogP contribution is 2.37. The van der Waals surface area contributed by atoms with E-state index in [4.69, 9.17) is 34.4 Å². The zero-order valence-corrected chi connectivity index (χ0v) is 13.4. The molecule has 0 aliphatic carbocycles. The number of amides is 1. The number of ether oxygens (including phenoxy) is 1. The highest BCUT2D eigenvalue weighted by molar-refractivity contribution is 6.38. The molecule has 2 aromatic rings. The van der Waals surface area contributed by atoms with Crippen molar-refractivity contribution >= 4 is 46.4 Å². The van der Waals surface area contributed by atoms with Gasteiger partial charge in [-0.15, -0.1) is 6.42 Å². The maximum absolute atomic E-state index is 12.1. The Morgan fingerprint density at radius 1 is 1.22 bits per heavy atom. The second kappa shape index (κ2) is 6.37. The topological polar surface area (TPSA) is 38.3 Å². The summed E-state index contributed by atoms with van der Waals surface area (Å²) in [7, 11) is 0. The minimum absolute atomic E-state index is 0.0790. The van der Waals surface area contributed by atoms with Gasteiger partial charge in [-0.25, -0.2) is 0 Å². The Morgan fingerprint density at radius 3 is 2.61 bits per heavy atom. The first-order chi connectivity index (χ1) is 11.1. The van der Waals surface area contributed by atoms with Gasteiger partial charge >= 0.3 is 0 Å². The van der Waals surface area contributed by atoms with Crippen molar-refractivity contribution in [2.24, 2.45) is 0 Å². The molecule has 1 aliphatic heterocycles. The molecular weight excluding hydrogens is 333 g/mol. The summed E-state index contributed by atoms with van der Waals surface area (Å²) >= 11 is 12.4. The second-order valence-electron chi connectivity index (χ2n) is 4.86. The Morgan fingerprint density at radius 2 is 1.91 bits per heavy atom. The number of hydrogen-bond donors (Lipinski definition) is 1. The Hall–Kier alpha value is -2.41. The largest absolute Gasteiger partial charge is 0.478 e. The van der Waals surface area contributed by atoms with Crippen LogP contribution in [-0.4, -0.2) is 12.5 Å². The lowest BCUT2D eigenvalue weighted by Crippen LogP contribution is -2.03. The zero-order valence-electron chi connectivity index (χ0n) is 11.9. The molecule has 1 amide bonds. The fraction of sp³-hybridized carbons (Fsp3) is 0.0556. The standard InChI is InChI=1S/C18H11Cl2NO2/c1-2-7-23-17-14(19)9-11(10-15(17)20)8-13-12-5-3-4-6-16(12)21-18(13)22/h1,3-6,8-10H,7H2,(H,21,22)/b13-8-. The van der Waals surface area contributed by atoms with Gasteiger partial charge in [0.1, 0.15) is 6.61 Å². The van der Waals surface area contributed by atoms with E-state index in [0.29, 0.717) is 26.9 Å². The third-order valence-corrected chi connectivity index (χ3v) is 3.90. The molecule has 3 rings (SSSR count). The molecule has 0 atom stereocenters. The van der Waals surface area contributed by atoms with Gasteiger partial charge in [0, 0.05) is 16.8 Å². The third kappa shape index (κ3) is 3.05. The number of para-hydroxylation sites is 1. The number of halogens is 2. The maximum Gasteiger partial charge on any atom is 0.256 e. The predicted octanol–water partition coefficient (Wildman–Crippen LogP) is 4.50. The zero-order chi connectivity index (χ0) is 16.4. The van der Waals surface area contributed by atoms with Crippen molar-refractivity contribution in [2.45, 2.75) is 0 Å². The lowest BCUT2D eigenvalue weighted by molar-refractivity contribution is -0.110. The number of hydrogen-bond acceptors (Lipinski definition) is 2. The lowest BCUT2D eigenvalue weighted by atomic mass is 10.0. The van der Waals surface area contributed by atoms with E-state index in [2.05, 4.69) is 11.2 Å². The van der Waals surface area contributed by atoms with Crippen LogP contribution in [0.25, 0.3) is 11.6 Å². The maximum atomic E-state index is 12.1. The number of carbonyl (C=O) groups excluding carboxylic acids is 1. The molecule has 1 aliphatic rings. The molecule has 0 aromatic heterocycles. The fourth-order valence-corrected chi connectivity index (χ4v) is 2.98. The highest BCUT2D eigenvalue weighted by atomic mass is 35.5. The van der Waals surface area contributed by atoms with Crippen LogP contribution >= 0.6 is 23.2 Å². The van der Waals surface area contributed by atoms with Crippen molar-refractivity contribution in [3.63, 3.8) is 0 Å². The molecular formula is C18H11Cl2NO2. The van der Waals surface area contributed by atoms with Gasteiger partial charge < -0.3 is 10.1 Å². The predicted molar refractivity (Wildman–Crippen MR) is 93.7 cm³/mol. The monoisotopic (exact) mass is 343 g/mol. The molecule has 0 saturated carbocycles. The van der Waals surface area contributed by atoms with Gasteiger partial charge in [-0.2, -0.15) is 0 Å². The van der Waals surface area contributed by atoms with Gasteiger partial charge in [-0.05, 0) is 29.8 Å². The fourth-order valence-electron chi connectivity index (χ4n) is 2.36. The van der Waals surface area contributed by atoms with Crippen LogP contribution in [0.5, 0.6) is 5.75 Å². The molecule has 5 heteroatoms. The van der Waals surface area contributed by atoms with Crippen LogP contribution in [0.3, 0.4) is 0 Å². The van der Waals surface area contributed by atoms with E-state index < -0.39 is 0 Å². The summed E-state index contributed by atoms with van der Waals surface area (Å²) in [6, 6.07) is 10.8. The number of carbonyl (C=O) groups is 1. The smallest absolute Gasteiger partial charge is 0.256 e. The molecule has 0 fully saturated rings. The number of benzene rings is 2. The van der Waals surface area contributed by atoms with Crippen LogP contribution in [0, 0.1) is 12.3 Å². The molecule has 0 spiro atoms. The molecule has 23 heavy (non-hydrogen) atoms. The SMILES string of the molecule is C#CCOc1c(Cl)cc(/C=C2\C(=O)Nc3ccccc32)cc1Cl. The van der Waals surface area contributed by atoms with Crippen LogP contribution in [0.1, 0.15) is 11.1 Å². The molecule has 3 nitrogen and oxygen atoms in total. The van der Waals surface area contributed by atoms with Crippen molar-refractivity contribution < 1.29 is 9.53 Å². The average molecular weight is 344 g/mol. The molecule has 114 valence electrons. The van der Waals surface area contributed by atoms with Crippen LogP contribution in [0.4, 0.5) is 5.69 Å². The van der Waals surface area contributed by atoms with Gasteiger partial charge in [0.25, 0.3) is 5.91 Å². The summed E-state index contributed by atoms with van der Waals surface area (Å²) in [6.07, 6.45) is 6.90. The van der Waals surface area contributed by atoms with E-state index >= 15 is 0 Å². The molecule has 0 bridgehead atoms. The molecule has 0 unspecified atom stereocenters. The van der Waals surface area contributed by atoms with E-state index in [1.807, 2.05) is 24.3 Å². The van der Waals surface area contributed by atoms with E-state index in [1.54, 1.807) is 18.2 Å². The summed E-state index contributed by atoms with van der Waals surface area (Å²) in [5.74, 6) is 2.53. The Balaban J connectivity index is 2.01. The molecule has 0 saturated heterocycles. The number of nitrogens with one attached hydrogen (secondary N) is 1. The lowest BCUT2D eigenvalue weighted by Gasteiger charge is -2.08. The Kier molecular flexibility index (Phi) is 4.29. The first-order valence-electron chi connectivity index (χ1n) is 6.78. The average Bonchev–Trinajstić information content (AvgIpc) is 2.83. The minimum Gasteiger partial charge on any atom is -0.478 e. The number of rotatable bonds is 3. The van der Waals surface area contributed by atoms with Crippen LogP contribution < -0.4 is 10.1 Å². The van der Waals surface area contributed by atoms with Crippen LogP contribution in [0.15, 0.2) is 36.4 Å². The third-order valence-electron chi connectivity index (χ3n) is 3.34. The number of anilines is 1. The van der Waals surface area contributed by atoms with Gasteiger partial charge in [0.05, 0.1) is 10.0 Å². The molecule has 2 aromatic carbocycles. The highest BCUT2D eigenvalue weighted by Gasteiger charge is 2.23. The van der Waals surface area contributed by atoms with Crippen LogP contribution in [0.2, 0.25) is 10.0 Å². The first-order valence-corrected chi connectivity index (χ1v) is 7.53. The van der Waals surface area contributed by atoms with Gasteiger partial charge in [-0.3, -0.25) is 4.79 Å². The number of terminal acetylenes is 1. The van der Waals surface area contributed by atoms with Gasteiger partial charge in [0.2, 0.25) is 0 Å². The summed E-state index contributed by atoms with van der Waals surface area (Å²) < 4.78 is 5.32. The summed E-state index contributed by atoms with van der Waals surface area (Å²) in [5, 5.41) is 3.49. The van der Waals surface area contributed by atoms with Gasteiger partial charge in [0.15, 0.2) is 5.75 Å². The normalized spacial score (nSPS) is 14.3. The summed E-state index contributed by atoms with van der Waals surface area (Å²) in [5.41, 5.74) is 2.90. The minimum atomic E-state index is -0.161. The Bertz CT molecular complexity index is 843. The van der Waals surface area contributed by atoms with E-state index in [9.17, 15) is 4.79 Å². The van der Waals surface area contributed by atoms with Crippen molar-refractivity contribution in [3.8, 4) is 18.1 Å². The van der Waals surface area contributed by atoms with Crippen molar-refractivity contribution in [2.75, 3.05) is 11.9 Å². The number of fused-ring (bicyclic) bond motifs is 1. The summed E-state index contributed by atoms with van der Waals surface area (Å²) in [6.45, 7) is 0.0790. The second-order valence-corrected chi connectivity index (χ2v) is 5.68. The van der Waals surface area contributed by atoms with Crippen LogP contribution in [-0.2, 0) is 4.79 Å². The van der Waals surface area contributed by atoms with E-state index in [1.165, 1.54) is 0 Å². The summed E-state index contributed by atoms with van der Waals surface area (Å²) in [4.78, 5) is 12.1. The van der Waals surface area contributed by atoms with Gasteiger partial charge in [-0.1, -0.05) is 47.3 Å². The molecule has 0 radical (unpaired) electrons. The quantitative estimate of drug-likeness (QED) is 0.658. The van der Waals surface area contributed by atoms with Crippen molar-refractivity contribution in [1.82, 2.24) is 0 Å². The molecule has 1 heterocycles. The van der Waals surface area contributed by atoms with Crippen molar-refractivity contribution in [1.29, 1.82) is 0 Å². The van der Waals surface area contributed by atoms with E-state index in [-0.39, 0.29) is 12.5 Å². The first kappa shape index (κ1) is 15.5. The Labute approximate surface area is 143 Å². The molecule has 1 N–H and O–H groups in total. The van der Waals surface area contributed by atoms with E-state index in [0.717, 1.165) is 11.3 Å². The van der Waals surface area contributed by atoms with Crippen molar-refractivity contribution in [3.05, 3.63) is 57.6 Å².